The van der Waals surface area contributed by atoms with Crippen molar-refractivity contribution >= 4 is 33.2 Å². The monoisotopic (exact) mass is 322 g/mol. The van der Waals surface area contributed by atoms with Gasteiger partial charge in [-0.15, -0.1) is 11.3 Å². The van der Waals surface area contributed by atoms with Crippen molar-refractivity contribution in [2.75, 3.05) is 26.2 Å². The van der Waals surface area contributed by atoms with E-state index in [4.69, 9.17) is 11.6 Å². The Bertz CT molecular complexity index is 644. The standard InChI is InChI=1S/C15H19ClN4S/c16-14-12-4-8-21-15(12)18-13(17-14)10-19-5-2-7-20-6-1-3-11(20)9-19/h4,8,11H,1-3,5-7,9-10H2. The van der Waals surface area contributed by atoms with Crippen LogP contribution in [-0.2, 0) is 6.54 Å². The van der Waals surface area contributed by atoms with Gasteiger partial charge in [0.05, 0.1) is 6.54 Å². The Balaban J connectivity index is 1.53. The summed E-state index contributed by atoms with van der Waals surface area (Å²) >= 11 is 7.91. The van der Waals surface area contributed by atoms with E-state index in [0.717, 1.165) is 41.7 Å². The van der Waals surface area contributed by atoms with E-state index in [-0.39, 0.29) is 0 Å². The first kappa shape index (κ1) is 13.9. The van der Waals surface area contributed by atoms with Gasteiger partial charge in [0.2, 0.25) is 0 Å². The molecule has 2 aromatic rings. The van der Waals surface area contributed by atoms with Crippen molar-refractivity contribution in [2.24, 2.45) is 0 Å². The van der Waals surface area contributed by atoms with Crippen molar-refractivity contribution in [3.63, 3.8) is 0 Å². The van der Waals surface area contributed by atoms with Crippen LogP contribution in [0.3, 0.4) is 0 Å². The fraction of sp³-hybridized carbons (Fsp3) is 0.600. The van der Waals surface area contributed by atoms with Crippen LogP contribution in [0.15, 0.2) is 11.4 Å². The minimum atomic E-state index is 0.591. The molecule has 1 atom stereocenters. The highest BCUT2D eigenvalue weighted by Gasteiger charge is 2.28. The van der Waals surface area contributed by atoms with Gasteiger partial charge in [0.25, 0.3) is 0 Å². The zero-order valence-electron chi connectivity index (χ0n) is 12.0. The Morgan fingerprint density at radius 1 is 1.24 bits per heavy atom. The second-order valence-electron chi connectivity index (χ2n) is 5.99. The molecule has 0 radical (unpaired) electrons. The van der Waals surface area contributed by atoms with Gasteiger partial charge < -0.3 is 0 Å². The first-order valence-corrected chi connectivity index (χ1v) is 8.91. The summed E-state index contributed by atoms with van der Waals surface area (Å²) in [5.41, 5.74) is 0. The van der Waals surface area contributed by atoms with Gasteiger partial charge in [-0.25, -0.2) is 9.97 Å². The Morgan fingerprint density at radius 3 is 3.10 bits per heavy atom. The molecule has 2 fully saturated rings. The quantitative estimate of drug-likeness (QED) is 0.796. The van der Waals surface area contributed by atoms with Crippen molar-refractivity contribution in [1.82, 2.24) is 19.8 Å². The normalized spacial score (nSPS) is 24.3. The molecular weight excluding hydrogens is 304 g/mol. The Hall–Kier alpha value is -0.750. The van der Waals surface area contributed by atoms with E-state index in [0.29, 0.717) is 5.15 Å². The summed E-state index contributed by atoms with van der Waals surface area (Å²) in [5.74, 6) is 0.862. The number of hydrogen-bond acceptors (Lipinski definition) is 5. The lowest BCUT2D eigenvalue weighted by atomic mass is 10.2. The lowest BCUT2D eigenvalue weighted by Crippen LogP contribution is -2.36. The molecule has 4 rings (SSSR count). The van der Waals surface area contributed by atoms with Gasteiger partial charge in [-0.05, 0) is 50.3 Å². The van der Waals surface area contributed by atoms with Crippen LogP contribution in [0, 0.1) is 0 Å². The predicted molar refractivity (Wildman–Crippen MR) is 86.9 cm³/mol. The van der Waals surface area contributed by atoms with E-state index in [2.05, 4.69) is 19.8 Å². The minimum absolute atomic E-state index is 0.591. The first-order chi connectivity index (χ1) is 10.3. The molecule has 112 valence electrons. The second kappa shape index (κ2) is 5.80. The summed E-state index contributed by atoms with van der Waals surface area (Å²) in [6.45, 7) is 5.62. The average molecular weight is 323 g/mol. The predicted octanol–water partition coefficient (Wildman–Crippen LogP) is 3.01. The van der Waals surface area contributed by atoms with Crippen LogP contribution in [0.2, 0.25) is 5.15 Å². The third kappa shape index (κ3) is 2.80. The van der Waals surface area contributed by atoms with Crippen LogP contribution >= 0.6 is 22.9 Å². The van der Waals surface area contributed by atoms with Crippen LogP contribution in [0.4, 0.5) is 0 Å². The maximum absolute atomic E-state index is 6.27. The van der Waals surface area contributed by atoms with E-state index >= 15 is 0 Å². The molecule has 2 saturated heterocycles. The Morgan fingerprint density at radius 2 is 2.14 bits per heavy atom. The minimum Gasteiger partial charge on any atom is -0.299 e. The number of nitrogens with zero attached hydrogens (tertiary/aromatic N) is 4. The number of fused-ring (bicyclic) bond motifs is 2. The molecule has 4 nitrogen and oxygen atoms in total. The highest BCUT2D eigenvalue weighted by Crippen LogP contribution is 2.26. The van der Waals surface area contributed by atoms with E-state index < -0.39 is 0 Å². The topological polar surface area (TPSA) is 32.3 Å². The highest BCUT2D eigenvalue weighted by atomic mass is 35.5. The van der Waals surface area contributed by atoms with Crippen molar-refractivity contribution < 1.29 is 0 Å². The molecule has 0 N–H and O–H groups in total. The number of thiophene rings is 1. The number of rotatable bonds is 2. The van der Waals surface area contributed by atoms with Crippen molar-refractivity contribution in [3.8, 4) is 0 Å². The van der Waals surface area contributed by atoms with Crippen molar-refractivity contribution in [1.29, 1.82) is 0 Å². The highest BCUT2D eigenvalue weighted by molar-refractivity contribution is 7.16. The molecule has 0 amide bonds. The number of hydrogen-bond donors (Lipinski definition) is 0. The van der Waals surface area contributed by atoms with Crippen LogP contribution < -0.4 is 0 Å². The molecule has 0 spiro atoms. The third-order valence-corrected chi connectivity index (χ3v) is 5.67. The van der Waals surface area contributed by atoms with Crippen molar-refractivity contribution in [2.45, 2.75) is 31.8 Å². The molecule has 0 aliphatic carbocycles. The molecule has 2 aliphatic rings. The van der Waals surface area contributed by atoms with Crippen molar-refractivity contribution in [3.05, 3.63) is 22.4 Å². The molecule has 0 saturated carbocycles. The number of halogens is 1. The molecule has 0 aromatic carbocycles. The molecule has 2 aliphatic heterocycles. The Kier molecular flexibility index (Phi) is 3.83. The molecule has 2 aromatic heterocycles. The summed E-state index contributed by atoms with van der Waals surface area (Å²) in [6.07, 6.45) is 3.93. The smallest absolute Gasteiger partial charge is 0.145 e. The van der Waals surface area contributed by atoms with E-state index in [1.54, 1.807) is 11.3 Å². The van der Waals surface area contributed by atoms with Gasteiger partial charge in [0, 0.05) is 18.0 Å². The van der Waals surface area contributed by atoms with Gasteiger partial charge in [0.15, 0.2) is 0 Å². The van der Waals surface area contributed by atoms with Gasteiger partial charge in [-0.2, -0.15) is 0 Å². The molecule has 21 heavy (non-hydrogen) atoms. The van der Waals surface area contributed by atoms with Crippen LogP contribution in [0.1, 0.15) is 25.1 Å². The van der Waals surface area contributed by atoms with E-state index in [9.17, 15) is 0 Å². The largest absolute Gasteiger partial charge is 0.299 e. The van der Waals surface area contributed by atoms with Gasteiger partial charge >= 0.3 is 0 Å². The lowest BCUT2D eigenvalue weighted by molar-refractivity contribution is 0.212. The van der Waals surface area contributed by atoms with Gasteiger partial charge in [-0.3, -0.25) is 9.80 Å². The summed E-state index contributed by atoms with van der Waals surface area (Å²) < 4.78 is 0. The molecular formula is C15H19ClN4S. The maximum Gasteiger partial charge on any atom is 0.145 e. The van der Waals surface area contributed by atoms with E-state index in [1.807, 2.05) is 11.4 Å². The lowest BCUT2D eigenvalue weighted by Gasteiger charge is -2.25. The van der Waals surface area contributed by atoms with E-state index in [1.165, 1.54) is 32.4 Å². The zero-order valence-corrected chi connectivity index (χ0v) is 13.5. The fourth-order valence-corrected chi connectivity index (χ4v) is 4.65. The average Bonchev–Trinajstić information content (AvgIpc) is 3.05. The summed E-state index contributed by atoms with van der Waals surface area (Å²) in [4.78, 5) is 15.3. The van der Waals surface area contributed by atoms with Crippen LogP contribution in [0.25, 0.3) is 10.2 Å². The molecule has 0 bridgehead atoms. The summed E-state index contributed by atoms with van der Waals surface area (Å²) in [5, 5.41) is 3.59. The first-order valence-electron chi connectivity index (χ1n) is 7.65. The zero-order chi connectivity index (χ0) is 14.2. The number of aromatic nitrogens is 2. The fourth-order valence-electron chi connectivity index (χ4n) is 3.56. The summed E-state index contributed by atoms with van der Waals surface area (Å²) in [6, 6.07) is 2.72. The molecule has 4 heterocycles. The third-order valence-electron chi connectivity index (χ3n) is 4.58. The molecule has 6 heteroatoms. The maximum atomic E-state index is 6.27. The van der Waals surface area contributed by atoms with Gasteiger partial charge in [-0.1, -0.05) is 11.6 Å². The van der Waals surface area contributed by atoms with Crippen LogP contribution in [-0.4, -0.2) is 52.0 Å². The second-order valence-corrected chi connectivity index (χ2v) is 7.24. The Labute approximate surface area is 133 Å². The molecule has 1 unspecified atom stereocenters. The summed E-state index contributed by atoms with van der Waals surface area (Å²) in [7, 11) is 0. The van der Waals surface area contributed by atoms with Gasteiger partial charge in [0.1, 0.15) is 15.8 Å². The SMILES string of the molecule is Clc1nc(CN2CCCN3CCCC3C2)nc2sccc12. The van der Waals surface area contributed by atoms with Crippen LogP contribution in [0.5, 0.6) is 0 Å².